The van der Waals surface area contributed by atoms with E-state index in [-0.39, 0.29) is 18.0 Å². The molecule has 0 spiro atoms. The molecule has 2 aliphatic heterocycles. The van der Waals surface area contributed by atoms with E-state index in [9.17, 15) is 9.59 Å². The number of fused-ring (bicyclic) bond motifs is 4. The maximum absolute atomic E-state index is 12.6. The van der Waals surface area contributed by atoms with Gasteiger partial charge >= 0.3 is 0 Å². The Balaban J connectivity index is 1.91. The summed E-state index contributed by atoms with van der Waals surface area (Å²) in [6.07, 6.45) is -0.286. The quantitative estimate of drug-likeness (QED) is 0.745. The van der Waals surface area contributed by atoms with Gasteiger partial charge in [0.05, 0.1) is 4.88 Å². The largest absolute Gasteiger partial charge is 0.316 e. The predicted octanol–water partition coefficient (Wildman–Crippen LogP) is 2.49. The van der Waals surface area contributed by atoms with Crippen LogP contribution in [0.1, 0.15) is 37.3 Å². The highest BCUT2D eigenvalue weighted by atomic mass is 32.1. The zero-order chi connectivity index (χ0) is 13.9. The SMILES string of the molecule is CN1C(=O)c2sccc2CN2C(=O)c3ccccc3C12. The average Bonchev–Trinajstić information content (AvgIpc) is 3.00. The Morgan fingerprint density at radius 3 is 2.80 bits per heavy atom. The van der Waals surface area contributed by atoms with Crippen molar-refractivity contribution in [2.45, 2.75) is 12.7 Å². The minimum Gasteiger partial charge on any atom is -0.316 e. The third-order valence-corrected chi connectivity index (χ3v) is 4.94. The standard InChI is InChI=1S/C15H12N2O2S/c1-16-13-10-4-2-3-5-11(10)14(18)17(13)8-9-6-7-20-12(9)15(16)19/h2-7,13H,8H2,1H3. The maximum Gasteiger partial charge on any atom is 0.265 e. The van der Waals surface area contributed by atoms with E-state index in [1.165, 1.54) is 11.3 Å². The molecule has 1 atom stereocenters. The molecule has 100 valence electrons. The monoisotopic (exact) mass is 284 g/mol. The number of hydrogen-bond acceptors (Lipinski definition) is 3. The minimum absolute atomic E-state index is 0.00398. The van der Waals surface area contributed by atoms with Crippen molar-refractivity contribution in [3.63, 3.8) is 0 Å². The van der Waals surface area contributed by atoms with E-state index in [1.807, 2.05) is 35.7 Å². The van der Waals surface area contributed by atoms with Gasteiger partial charge in [0.25, 0.3) is 11.8 Å². The highest BCUT2D eigenvalue weighted by Crippen LogP contribution is 2.40. The van der Waals surface area contributed by atoms with Crippen LogP contribution < -0.4 is 0 Å². The van der Waals surface area contributed by atoms with Crippen LogP contribution in [-0.2, 0) is 6.54 Å². The van der Waals surface area contributed by atoms with E-state index in [0.717, 1.165) is 16.0 Å². The van der Waals surface area contributed by atoms with Gasteiger partial charge < -0.3 is 9.80 Å². The molecule has 0 fully saturated rings. The fraction of sp³-hybridized carbons (Fsp3) is 0.200. The molecule has 0 N–H and O–H groups in total. The van der Waals surface area contributed by atoms with Gasteiger partial charge in [0, 0.05) is 24.7 Å². The summed E-state index contributed by atoms with van der Waals surface area (Å²) in [6, 6.07) is 9.47. The second kappa shape index (κ2) is 3.93. The van der Waals surface area contributed by atoms with Crippen LogP contribution in [0.15, 0.2) is 35.7 Å². The zero-order valence-corrected chi connectivity index (χ0v) is 11.7. The first-order valence-electron chi connectivity index (χ1n) is 6.42. The minimum atomic E-state index is -0.286. The number of carbonyl (C=O) groups is 2. The van der Waals surface area contributed by atoms with Gasteiger partial charge in [0.1, 0.15) is 6.17 Å². The molecular weight excluding hydrogens is 272 g/mol. The number of benzene rings is 1. The Kier molecular flexibility index (Phi) is 2.29. The molecular formula is C15H12N2O2S. The van der Waals surface area contributed by atoms with Crippen LogP contribution in [0.5, 0.6) is 0 Å². The Morgan fingerprint density at radius 1 is 1.15 bits per heavy atom. The van der Waals surface area contributed by atoms with E-state index in [0.29, 0.717) is 12.1 Å². The van der Waals surface area contributed by atoms with Gasteiger partial charge in [-0.25, -0.2) is 0 Å². The summed E-state index contributed by atoms with van der Waals surface area (Å²) in [7, 11) is 1.77. The number of nitrogens with zero attached hydrogens (tertiary/aromatic N) is 2. The van der Waals surface area contributed by atoms with Gasteiger partial charge in [-0.05, 0) is 23.1 Å². The highest BCUT2D eigenvalue weighted by molar-refractivity contribution is 7.12. The smallest absolute Gasteiger partial charge is 0.265 e. The lowest BCUT2D eigenvalue weighted by atomic mass is 10.1. The van der Waals surface area contributed by atoms with Crippen LogP contribution in [0.2, 0.25) is 0 Å². The molecule has 1 aromatic heterocycles. The van der Waals surface area contributed by atoms with Gasteiger partial charge in [-0.3, -0.25) is 9.59 Å². The molecule has 4 rings (SSSR count). The van der Waals surface area contributed by atoms with Crippen molar-refractivity contribution in [3.8, 4) is 0 Å². The Labute approximate surface area is 120 Å². The topological polar surface area (TPSA) is 40.6 Å². The number of carbonyl (C=O) groups excluding carboxylic acids is 2. The van der Waals surface area contributed by atoms with Gasteiger partial charge in [0.15, 0.2) is 0 Å². The Morgan fingerprint density at radius 2 is 1.95 bits per heavy atom. The molecule has 0 saturated heterocycles. The molecule has 0 radical (unpaired) electrons. The van der Waals surface area contributed by atoms with Crippen LogP contribution in [0, 0.1) is 0 Å². The van der Waals surface area contributed by atoms with Crippen molar-refractivity contribution in [1.82, 2.24) is 9.80 Å². The molecule has 0 saturated carbocycles. The zero-order valence-electron chi connectivity index (χ0n) is 10.9. The van der Waals surface area contributed by atoms with Crippen LogP contribution in [-0.4, -0.2) is 28.7 Å². The second-order valence-corrected chi connectivity index (χ2v) is 6.00. The van der Waals surface area contributed by atoms with Crippen LogP contribution in [0.3, 0.4) is 0 Å². The van der Waals surface area contributed by atoms with Gasteiger partial charge in [-0.15, -0.1) is 11.3 Å². The third-order valence-electron chi connectivity index (χ3n) is 3.99. The number of thiophene rings is 1. The molecule has 5 heteroatoms. The molecule has 4 nitrogen and oxygen atoms in total. The third kappa shape index (κ3) is 1.35. The number of rotatable bonds is 0. The molecule has 0 bridgehead atoms. The van der Waals surface area contributed by atoms with E-state index in [1.54, 1.807) is 16.8 Å². The molecule has 2 aliphatic rings. The molecule has 20 heavy (non-hydrogen) atoms. The van der Waals surface area contributed by atoms with Crippen LogP contribution in [0.4, 0.5) is 0 Å². The summed E-state index contributed by atoms with van der Waals surface area (Å²) in [4.78, 5) is 29.3. The lowest BCUT2D eigenvalue weighted by Crippen LogP contribution is -2.37. The molecule has 2 aromatic rings. The molecule has 1 unspecified atom stereocenters. The summed E-state index contributed by atoms with van der Waals surface area (Å²) < 4.78 is 0. The lowest BCUT2D eigenvalue weighted by Gasteiger charge is -2.30. The first-order chi connectivity index (χ1) is 9.68. The fourth-order valence-electron chi connectivity index (χ4n) is 3.03. The molecule has 0 aliphatic carbocycles. The van der Waals surface area contributed by atoms with Crippen molar-refractivity contribution in [2.75, 3.05) is 7.05 Å². The summed E-state index contributed by atoms with van der Waals surface area (Å²) in [5.41, 5.74) is 2.56. The van der Waals surface area contributed by atoms with Crippen molar-refractivity contribution < 1.29 is 9.59 Å². The highest BCUT2D eigenvalue weighted by Gasteiger charge is 2.43. The Hall–Kier alpha value is -2.14. The van der Waals surface area contributed by atoms with Gasteiger partial charge in [0.2, 0.25) is 0 Å². The predicted molar refractivity (Wildman–Crippen MR) is 75.5 cm³/mol. The summed E-state index contributed by atoms with van der Waals surface area (Å²) in [5, 5.41) is 1.91. The molecule has 2 amide bonds. The number of hydrogen-bond donors (Lipinski definition) is 0. The van der Waals surface area contributed by atoms with Gasteiger partial charge in [-0.2, -0.15) is 0 Å². The van der Waals surface area contributed by atoms with Gasteiger partial charge in [-0.1, -0.05) is 18.2 Å². The maximum atomic E-state index is 12.6. The van der Waals surface area contributed by atoms with Crippen molar-refractivity contribution in [1.29, 1.82) is 0 Å². The van der Waals surface area contributed by atoms with E-state index >= 15 is 0 Å². The van der Waals surface area contributed by atoms with Crippen molar-refractivity contribution in [3.05, 3.63) is 57.3 Å². The lowest BCUT2D eigenvalue weighted by molar-refractivity contribution is 0.0415. The fourth-order valence-corrected chi connectivity index (χ4v) is 3.93. The first kappa shape index (κ1) is 11.7. The summed E-state index contributed by atoms with van der Waals surface area (Å²) in [6.45, 7) is 0.493. The summed E-state index contributed by atoms with van der Waals surface area (Å²) >= 11 is 1.44. The number of amides is 2. The van der Waals surface area contributed by atoms with Crippen LogP contribution >= 0.6 is 11.3 Å². The van der Waals surface area contributed by atoms with E-state index in [2.05, 4.69) is 0 Å². The molecule has 1 aromatic carbocycles. The summed E-state index contributed by atoms with van der Waals surface area (Å²) in [5.74, 6) is -0.00342. The van der Waals surface area contributed by atoms with Crippen molar-refractivity contribution in [2.24, 2.45) is 0 Å². The molecule has 3 heterocycles. The van der Waals surface area contributed by atoms with Crippen LogP contribution in [0.25, 0.3) is 0 Å². The van der Waals surface area contributed by atoms with E-state index in [4.69, 9.17) is 0 Å². The van der Waals surface area contributed by atoms with E-state index < -0.39 is 0 Å². The normalized spacial score (nSPS) is 20.6. The second-order valence-electron chi connectivity index (χ2n) is 5.08. The first-order valence-corrected chi connectivity index (χ1v) is 7.30. The average molecular weight is 284 g/mol. The Bertz CT molecular complexity index is 737. The van der Waals surface area contributed by atoms with Crippen molar-refractivity contribution >= 4 is 23.2 Å².